The Morgan fingerprint density at radius 1 is 1.40 bits per heavy atom. The van der Waals surface area contributed by atoms with Gasteiger partial charge in [0.15, 0.2) is 0 Å². The first kappa shape index (κ1) is 11.7. The Kier molecular flexibility index (Phi) is 4.30. The van der Waals surface area contributed by atoms with Gasteiger partial charge in [0.05, 0.1) is 6.10 Å². The maximum atomic E-state index is 6.21. The number of rotatable bonds is 3. The number of ether oxygens (including phenoxy) is 1. The van der Waals surface area contributed by atoms with Gasteiger partial charge in [0.2, 0.25) is 0 Å². The summed E-state index contributed by atoms with van der Waals surface area (Å²) in [5, 5.41) is 0.393. The van der Waals surface area contributed by atoms with Gasteiger partial charge < -0.3 is 9.64 Å². The van der Waals surface area contributed by atoms with E-state index in [-0.39, 0.29) is 0 Å². The molecule has 0 amide bonds. The molecule has 0 bridgehead atoms. The highest BCUT2D eigenvalue weighted by atomic mass is 35.5. The monoisotopic (exact) mass is 231 g/mol. The molecule has 15 heavy (non-hydrogen) atoms. The molecule has 0 radical (unpaired) electrons. The fraction of sp³-hybridized carbons (Fsp3) is 1.00. The van der Waals surface area contributed by atoms with Crippen molar-refractivity contribution in [3.05, 3.63) is 0 Å². The zero-order valence-electron chi connectivity index (χ0n) is 9.62. The molecular formula is C12H22ClNO. The van der Waals surface area contributed by atoms with Gasteiger partial charge >= 0.3 is 0 Å². The number of halogens is 1. The largest absolute Gasteiger partial charge is 0.378 e. The molecule has 3 unspecified atom stereocenters. The van der Waals surface area contributed by atoms with Crippen LogP contribution in [0.4, 0.5) is 0 Å². The summed E-state index contributed by atoms with van der Waals surface area (Å²) in [6.45, 7) is 6.77. The third-order valence-electron chi connectivity index (χ3n) is 3.68. The van der Waals surface area contributed by atoms with Crippen LogP contribution in [0.15, 0.2) is 0 Å². The van der Waals surface area contributed by atoms with Gasteiger partial charge in [-0.3, -0.25) is 0 Å². The molecule has 0 spiro atoms. The Balaban J connectivity index is 1.66. The normalized spacial score (nSPS) is 38.4. The predicted molar refractivity (Wildman–Crippen MR) is 63.5 cm³/mol. The molecule has 2 aliphatic heterocycles. The zero-order chi connectivity index (χ0) is 10.7. The lowest BCUT2D eigenvalue weighted by Gasteiger charge is -2.34. The zero-order valence-corrected chi connectivity index (χ0v) is 10.4. The standard InChI is InChI=1S/C12H22ClNO/c1-10-9-14(7-5-12(10)13)6-4-11-3-2-8-15-11/h10-12H,2-9H2,1H3. The van der Waals surface area contributed by atoms with Gasteiger partial charge in [-0.15, -0.1) is 11.6 Å². The van der Waals surface area contributed by atoms with Crippen molar-refractivity contribution in [1.29, 1.82) is 0 Å². The number of hydrogen-bond acceptors (Lipinski definition) is 2. The van der Waals surface area contributed by atoms with Crippen LogP contribution in [0.25, 0.3) is 0 Å². The highest BCUT2D eigenvalue weighted by Gasteiger charge is 2.25. The second-order valence-corrected chi connectivity index (χ2v) is 5.57. The van der Waals surface area contributed by atoms with Crippen molar-refractivity contribution in [2.75, 3.05) is 26.2 Å². The van der Waals surface area contributed by atoms with Crippen LogP contribution < -0.4 is 0 Å². The van der Waals surface area contributed by atoms with Crippen LogP contribution in [0.5, 0.6) is 0 Å². The molecule has 0 aliphatic carbocycles. The van der Waals surface area contributed by atoms with Crippen molar-refractivity contribution in [3.63, 3.8) is 0 Å². The minimum absolute atomic E-state index is 0.393. The van der Waals surface area contributed by atoms with E-state index in [1.165, 1.54) is 38.9 Å². The number of alkyl halides is 1. The number of hydrogen-bond donors (Lipinski definition) is 0. The Hall–Kier alpha value is 0.210. The van der Waals surface area contributed by atoms with Crippen molar-refractivity contribution >= 4 is 11.6 Å². The average molecular weight is 232 g/mol. The summed E-state index contributed by atoms with van der Waals surface area (Å²) in [5.41, 5.74) is 0. The lowest BCUT2D eigenvalue weighted by molar-refractivity contribution is 0.0848. The maximum Gasteiger partial charge on any atom is 0.0588 e. The first-order chi connectivity index (χ1) is 7.25. The molecule has 0 saturated carbocycles. The third kappa shape index (κ3) is 3.33. The molecule has 2 heterocycles. The average Bonchev–Trinajstić information content (AvgIpc) is 2.73. The lowest BCUT2D eigenvalue weighted by atomic mass is 9.99. The molecule has 0 N–H and O–H groups in total. The highest BCUT2D eigenvalue weighted by molar-refractivity contribution is 6.20. The molecule has 0 aromatic carbocycles. The van der Waals surface area contributed by atoms with E-state index in [1.54, 1.807) is 0 Å². The van der Waals surface area contributed by atoms with Gasteiger partial charge in [-0.25, -0.2) is 0 Å². The van der Waals surface area contributed by atoms with Crippen molar-refractivity contribution < 1.29 is 4.74 Å². The van der Waals surface area contributed by atoms with E-state index in [4.69, 9.17) is 16.3 Å². The van der Waals surface area contributed by atoms with E-state index in [1.807, 2.05) is 0 Å². The van der Waals surface area contributed by atoms with E-state index in [9.17, 15) is 0 Å². The number of likely N-dealkylation sites (tertiary alicyclic amines) is 1. The summed E-state index contributed by atoms with van der Waals surface area (Å²) in [7, 11) is 0. The van der Waals surface area contributed by atoms with E-state index in [0.717, 1.165) is 13.0 Å². The van der Waals surface area contributed by atoms with Gasteiger partial charge in [-0.2, -0.15) is 0 Å². The van der Waals surface area contributed by atoms with E-state index in [2.05, 4.69) is 11.8 Å². The molecule has 0 aromatic rings. The fourth-order valence-electron chi connectivity index (χ4n) is 2.61. The first-order valence-corrected chi connectivity index (χ1v) is 6.67. The maximum absolute atomic E-state index is 6.21. The van der Waals surface area contributed by atoms with Crippen molar-refractivity contribution in [2.45, 2.75) is 44.1 Å². The Bertz CT molecular complexity index is 194. The summed E-state index contributed by atoms with van der Waals surface area (Å²) in [5.74, 6) is 0.643. The molecule has 3 heteroatoms. The van der Waals surface area contributed by atoms with Gasteiger partial charge in [0.1, 0.15) is 0 Å². The summed E-state index contributed by atoms with van der Waals surface area (Å²) in [6.07, 6.45) is 5.41. The SMILES string of the molecule is CC1CN(CCC2CCCO2)CCC1Cl. The van der Waals surface area contributed by atoms with Crippen molar-refractivity contribution in [1.82, 2.24) is 4.90 Å². The van der Waals surface area contributed by atoms with E-state index >= 15 is 0 Å². The Labute approximate surface area is 97.9 Å². The first-order valence-electron chi connectivity index (χ1n) is 6.23. The second-order valence-electron chi connectivity index (χ2n) is 5.01. The Morgan fingerprint density at radius 3 is 2.93 bits per heavy atom. The quantitative estimate of drug-likeness (QED) is 0.693. The molecule has 2 aliphatic rings. The van der Waals surface area contributed by atoms with Crippen LogP contribution >= 0.6 is 11.6 Å². The van der Waals surface area contributed by atoms with Crippen LogP contribution in [0.2, 0.25) is 0 Å². The molecule has 2 nitrogen and oxygen atoms in total. The van der Waals surface area contributed by atoms with Crippen LogP contribution in [-0.4, -0.2) is 42.6 Å². The summed E-state index contributed by atoms with van der Waals surface area (Å²) < 4.78 is 5.64. The van der Waals surface area contributed by atoms with Gasteiger partial charge in [-0.05, 0) is 38.1 Å². The van der Waals surface area contributed by atoms with Crippen LogP contribution in [0, 0.1) is 5.92 Å². The van der Waals surface area contributed by atoms with Gasteiger partial charge in [0, 0.05) is 25.1 Å². The second kappa shape index (κ2) is 5.51. The molecule has 2 rings (SSSR count). The van der Waals surface area contributed by atoms with Gasteiger partial charge in [-0.1, -0.05) is 6.92 Å². The molecular weight excluding hydrogens is 210 g/mol. The summed E-state index contributed by atoms with van der Waals surface area (Å²) in [6, 6.07) is 0. The van der Waals surface area contributed by atoms with E-state index < -0.39 is 0 Å². The predicted octanol–water partition coefficient (Wildman–Crippen LogP) is 2.50. The van der Waals surface area contributed by atoms with Crippen molar-refractivity contribution in [2.24, 2.45) is 5.92 Å². The molecule has 2 saturated heterocycles. The van der Waals surface area contributed by atoms with E-state index in [0.29, 0.717) is 17.4 Å². The lowest BCUT2D eigenvalue weighted by Crippen LogP contribution is -2.41. The highest BCUT2D eigenvalue weighted by Crippen LogP contribution is 2.23. The van der Waals surface area contributed by atoms with Gasteiger partial charge in [0.25, 0.3) is 0 Å². The van der Waals surface area contributed by atoms with Crippen molar-refractivity contribution in [3.8, 4) is 0 Å². The number of nitrogens with zero attached hydrogens (tertiary/aromatic N) is 1. The van der Waals surface area contributed by atoms with Crippen LogP contribution in [-0.2, 0) is 4.74 Å². The molecule has 2 fully saturated rings. The smallest absolute Gasteiger partial charge is 0.0588 e. The molecule has 3 atom stereocenters. The third-order valence-corrected chi connectivity index (χ3v) is 4.32. The topological polar surface area (TPSA) is 12.5 Å². The molecule has 88 valence electrons. The number of piperidine rings is 1. The fourth-order valence-corrected chi connectivity index (χ4v) is 2.78. The summed E-state index contributed by atoms with van der Waals surface area (Å²) >= 11 is 6.21. The Morgan fingerprint density at radius 2 is 2.27 bits per heavy atom. The van der Waals surface area contributed by atoms with Crippen LogP contribution in [0.1, 0.15) is 32.6 Å². The minimum atomic E-state index is 0.393. The summed E-state index contributed by atoms with van der Waals surface area (Å²) in [4.78, 5) is 2.55. The van der Waals surface area contributed by atoms with Crippen LogP contribution in [0.3, 0.4) is 0 Å². The molecule has 0 aromatic heterocycles. The minimum Gasteiger partial charge on any atom is -0.378 e.